The molecule has 1 aromatic carbocycles. The minimum atomic E-state index is -0.195. The number of hydrogen-bond acceptors (Lipinski definition) is 3. The first kappa shape index (κ1) is 14.0. The maximum atomic E-state index is 12.3. The summed E-state index contributed by atoms with van der Waals surface area (Å²) in [5.74, 6) is -0.195. The summed E-state index contributed by atoms with van der Waals surface area (Å²) in [6, 6.07) is 7.29. The fourth-order valence-electron chi connectivity index (χ4n) is 1.59. The van der Waals surface area contributed by atoms with Crippen molar-refractivity contribution in [3.05, 3.63) is 51.2 Å². The molecule has 0 spiro atoms. The van der Waals surface area contributed by atoms with E-state index < -0.39 is 0 Å². The Balaban J connectivity index is 2.31. The van der Waals surface area contributed by atoms with Crippen LogP contribution in [0.2, 0.25) is 0 Å². The number of halogens is 2. The molecule has 2 rings (SSSR count). The third-order valence-electron chi connectivity index (χ3n) is 2.54. The Morgan fingerprint density at radius 2 is 1.89 bits per heavy atom. The van der Waals surface area contributed by atoms with Crippen LogP contribution in [0.5, 0.6) is 0 Å². The number of carbonyl (C=O) groups excluding carboxylic acids is 1. The molecule has 98 valence electrons. The Morgan fingerprint density at radius 1 is 1.21 bits per heavy atom. The molecular formula is C13H11Br2N3O. The standard InChI is InChI=1S/C13H11Br2N3O/c1-16-11-7-17-6-5-8(11)13(19)18-12-9(14)3-2-4-10(12)15/h2-7,16H,1H3,(H,18,19). The van der Waals surface area contributed by atoms with Crippen molar-refractivity contribution in [2.45, 2.75) is 0 Å². The topological polar surface area (TPSA) is 54.0 Å². The average Bonchev–Trinajstić information content (AvgIpc) is 2.42. The number of aromatic nitrogens is 1. The zero-order valence-electron chi connectivity index (χ0n) is 10.1. The summed E-state index contributed by atoms with van der Waals surface area (Å²) >= 11 is 6.82. The molecule has 2 N–H and O–H groups in total. The summed E-state index contributed by atoms with van der Waals surface area (Å²) in [4.78, 5) is 16.3. The number of para-hydroxylation sites is 1. The van der Waals surface area contributed by atoms with Gasteiger partial charge >= 0.3 is 0 Å². The van der Waals surface area contributed by atoms with Gasteiger partial charge in [-0.15, -0.1) is 0 Å². The molecule has 0 aliphatic heterocycles. The maximum Gasteiger partial charge on any atom is 0.257 e. The van der Waals surface area contributed by atoms with Crippen molar-refractivity contribution in [2.75, 3.05) is 17.7 Å². The maximum absolute atomic E-state index is 12.3. The van der Waals surface area contributed by atoms with Gasteiger partial charge in [0.1, 0.15) is 0 Å². The van der Waals surface area contributed by atoms with E-state index in [9.17, 15) is 4.79 Å². The van der Waals surface area contributed by atoms with Crippen molar-refractivity contribution in [3.8, 4) is 0 Å². The van der Waals surface area contributed by atoms with Gasteiger partial charge in [0.05, 0.1) is 23.1 Å². The molecule has 1 amide bonds. The molecule has 0 aliphatic rings. The van der Waals surface area contributed by atoms with Crippen LogP contribution < -0.4 is 10.6 Å². The molecule has 1 heterocycles. The lowest BCUT2D eigenvalue weighted by Crippen LogP contribution is -2.14. The number of anilines is 2. The van der Waals surface area contributed by atoms with E-state index in [0.29, 0.717) is 16.9 Å². The van der Waals surface area contributed by atoms with Crippen LogP contribution >= 0.6 is 31.9 Å². The van der Waals surface area contributed by atoms with Crippen molar-refractivity contribution in [2.24, 2.45) is 0 Å². The van der Waals surface area contributed by atoms with Crippen LogP contribution in [0.4, 0.5) is 11.4 Å². The highest BCUT2D eigenvalue weighted by Crippen LogP contribution is 2.31. The first-order chi connectivity index (χ1) is 9.13. The van der Waals surface area contributed by atoms with E-state index >= 15 is 0 Å². The van der Waals surface area contributed by atoms with Gasteiger partial charge in [-0.1, -0.05) is 6.07 Å². The van der Waals surface area contributed by atoms with Crippen LogP contribution in [0.25, 0.3) is 0 Å². The predicted octanol–water partition coefficient (Wildman–Crippen LogP) is 3.90. The number of pyridine rings is 1. The van der Waals surface area contributed by atoms with Gasteiger partial charge in [0.2, 0.25) is 0 Å². The van der Waals surface area contributed by atoms with Gasteiger partial charge in [-0.05, 0) is 50.1 Å². The highest BCUT2D eigenvalue weighted by molar-refractivity contribution is 9.11. The first-order valence-corrected chi connectivity index (χ1v) is 7.09. The van der Waals surface area contributed by atoms with Gasteiger partial charge in [0, 0.05) is 22.2 Å². The monoisotopic (exact) mass is 383 g/mol. The summed E-state index contributed by atoms with van der Waals surface area (Å²) in [6.45, 7) is 0. The minimum Gasteiger partial charge on any atom is -0.386 e. The van der Waals surface area contributed by atoms with Crippen LogP contribution in [0, 0.1) is 0 Å². The lowest BCUT2D eigenvalue weighted by Gasteiger charge is -2.11. The lowest BCUT2D eigenvalue weighted by atomic mass is 10.2. The number of benzene rings is 1. The number of amides is 1. The molecule has 0 unspecified atom stereocenters. The second-order valence-corrected chi connectivity index (χ2v) is 5.43. The van der Waals surface area contributed by atoms with E-state index in [1.807, 2.05) is 18.2 Å². The number of hydrogen-bond donors (Lipinski definition) is 2. The summed E-state index contributed by atoms with van der Waals surface area (Å²) in [5.41, 5.74) is 1.93. The number of nitrogens with zero attached hydrogens (tertiary/aromatic N) is 1. The second kappa shape index (κ2) is 6.16. The fourth-order valence-corrected chi connectivity index (χ4v) is 2.79. The van der Waals surface area contributed by atoms with Gasteiger partial charge in [-0.25, -0.2) is 0 Å². The molecule has 6 heteroatoms. The largest absolute Gasteiger partial charge is 0.386 e. The van der Waals surface area contributed by atoms with Crippen LogP contribution in [0.15, 0.2) is 45.6 Å². The Kier molecular flexibility index (Phi) is 4.55. The number of rotatable bonds is 3. The van der Waals surface area contributed by atoms with E-state index in [1.54, 1.807) is 25.5 Å². The molecule has 0 radical (unpaired) electrons. The smallest absolute Gasteiger partial charge is 0.257 e. The number of nitrogens with one attached hydrogen (secondary N) is 2. The van der Waals surface area contributed by atoms with Crippen molar-refractivity contribution >= 4 is 49.1 Å². The SMILES string of the molecule is CNc1cnccc1C(=O)Nc1c(Br)cccc1Br. The predicted molar refractivity (Wildman–Crippen MR) is 83.6 cm³/mol. The van der Waals surface area contributed by atoms with E-state index in [0.717, 1.165) is 8.95 Å². The molecule has 4 nitrogen and oxygen atoms in total. The van der Waals surface area contributed by atoms with Gasteiger partial charge in [-0.2, -0.15) is 0 Å². The minimum absolute atomic E-state index is 0.195. The Hall–Kier alpha value is -1.40. The molecule has 0 saturated carbocycles. The van der Waals surface area contributed by atoms with Crippen molar-refractivity contribution < 1.29 is 4.79 Å². The quantitative estimate of drug-likeness (QED) is 0.843. The van der Waals surface area contributed by atoms with Crippen molar-refractivity contribution in [1.29, 1.82) is 0 Å². The van der Waals surface area contributed by atoms with Gasteiger partial charge in [0.25, 0.3) is 5.91 Å². The molecule has 1 aromatic heterocycles. The Bertz CT molecular complexity index is 596. The molecule has 2 aromatic rings. The third-order valence-corrected chi connectivity index (χ3v) is 3.86. The highest BCUT2D eigenvalue weighted by Gasteiger charge is 2.13. The van der Waals surface area contributed by atoms with Gasteiger partial charge in [-0.3, -0.25) is 9.78 Å². The Morgan fingerprint density at radius 3 is 2.53 bits per heavy atom. The summed E-state index contributed by atoms with van der Waals surface area (Å²) in [6.07, 6.45) is 3.20. The van der Waals surface area contributed by atoms with Crippen LogP contribution in [0.1, 0.15) is 10.4 Å². The van der Waals surface area contributed by atoms with Crippen LogP contribution in [-0.4, -0.2) is 17.9 Å². The zero-order valence-corrected chi connectivity index (χ0v) is 13.2. The summed E-state index contributed by atoms with van der Waals surface area (Å²) in [5, 5.41) is 5.81. The molecule has 0 saturated heterocycles. The molecule has 0 aliphatic carbocycles. The van der Waals surface area contributed by atoms with Gasteiger partial charge < -0.3 is 10.6 Å². The summed E-state index contributed by atoms with van der Waals surface area (Å²) in [7, 11) is 1.75. The van der Waals surface area contributed by atoms with Gasteiger partial charge in [0.15, 0.2) is 0 Å². The molecule has 19 heavy (non-hydrogen) atoms. The fraction of sp³-hybridized carbons (Fsp3) is 0.0769. The van der Waals surface area contributed by atoms with E-state index in [-0.39, 0.29) is 5.91 Å². The third kappa shape index (κ3) is 3.13. The molecular weight excluding hydrogens is 374 g/mol. The van der Waals surface area contributed by atoms with E-state index in [2.05, 4.69) is 47.5 Å². The average molecular weight is 385 g/mol. The Labute approximate surface area is 127 Å². The summed E-state index contributed by atoms with van der Waals surface area (Å²) < 4.78 is 1.63. The van der Waals surface area contributed by atoms with E-state index in [1.165, 1.54) is 0 Å². The first-order valence-electron chi connectivity index (χ1n) is 5.50. The second-order valence-electron chi connectivity index (χ2n) is 3.72. The van der Waals surface area contributed by atoms with E-state index in [4.69, 9.17) is 0 Å². The molecule has 0 fully saturated rings. The zero-order chi connectivity index (χ0) is 13.8. The number of carbonyl (C=O) groups is 1. The molecule has 0 atom stereocenters. The van der Waals surface area contributed by atoms with Crippen LogP contribution in [0.3, 0.4) is 0 Å². The van der Waals surface area contributed by atoms with Crippen molar-refractivity contribution in [3.63, 3.8) is 0 Å². The highest BCUT2D eigenvalue weighted by atomic mass is 79.9. The molecule has 0 bridgehead atoms. The lowest BCUT2D eigenvalue weighted by molar-refractivity contribution is 0.102. The normalized spacial score (nSPS) is 10.1. The van der Waals surface area contributed by atoms with Crippen molar-refractivity contribution in [1.82, 2.24) is 4.98 Å². The van der Waals surface area contributed by atoms with Crippen LogP contribution in [-0.2, 0) is 0 Å².